The quantitative estimate of drug-likeness (QED) is 0.602. The van der Waals surface area contributed by atoms with Gasteiger partial charge >= 0.3 is 0 Å². The van der Waals surface area contributed by atoms with Crippen LogP contribution in [0.4, 0.5) is 0 Å². The van der Waals surface area contributed by atoms with Crippen molar-refractivity contribution in [2.75, 3.05) is 4.43 Å². The molecule has 2 atom stereocenters. The summed E-state index contributed by atoms with van der Waals surface area (Å²) in [5, 5.41) is 0. The molecule has 0 spiro atoms. The summed E-state index contributed by atoms with van der Waals surface area (Å²) >= 11 is 2.44. The van der Waals surface area contributed by atoms with Crippen LogP contribution in [0.5, 0.6) is 0 Å². The van der Waals surface area contributed by atoms with E-state index >= 15 is 0 Å². The van der Waals surface area contributed by atoms with Gasteiger partial charge in [0.25, 0.3) is 0 Å². The molecule has 2 heteroatoms. The first-order valence-electron chi connectivity index (χ1n) is 5.44. The number of halogens is 1. The van der Waals surface area contributed by atoms with Crippen LogP contribution >= 0.6 is 22.6 Å². The van der Waals surface area contributed by atoms with E-state index in [-0.39, 0.29) is 0 Å². The molecule has 15 heavy (non-hydrogen) atoms. The third-order valence-corrected chi connectivity index (χ3v) is 4.37. The highest BCUT2D eigenvalue weighted by Crippen LogP contribution is 2.37. The fourth-order valence-electron chi connectivity index (χ4n) is 2.34. The molecule has 0 saturated heterocycles. The summed E-state index contributed by atoms with van der Waals surface area (Å²) in [5.41, 5.74) is 1.34. The maximum Gasteiger partial charge on any atom is 0.133 e. The highest BCUT2D eigenvalue weighted by molar-refractivity contribution is 14.1. The summed E-state index contributed by atoms with van der Waals surface area (Å²) in [7, 11) is 0. The number of hydrogen-bond donors (Lipinski definition) is 0. The lowest BCUT2D eigenvalue weighted by molar-refractivity contribution is -0.121. The minimum atomic E-state index is 0.435. The molecule has 1 aliphatic rings. The molecular weight excluding hydrogens is 299 g/mol. The fraction of sp³-hybridized carbons (Fsp3) is 0.462. The van der Waals surface area contributed by atoms with Gasteiger partial charge in [-0.3, -0.25) is 4.79 Å². The monoisotopic (exact) mass is 314 g/mol. The van der Waals surface area contributed by atoms with Gasteiger partial charge < -0.3 is 0 Å². The predicted octanol–water partition coefficient (Wildman–Crippen LogP) is 3.57. The van der Waals surface area contributed by atoms with Crippen molar-refractivity contribution in [3.05, 3.63) is 35.9 Å². The zero-order valence-electron chi connectivity index (χ0n) is 8.66. The molecule has 0 aliphatic heterocycles. The minimum absolute atomic E-state index is 0.435. The van der Waals surface area contributed by atoms with Gasteiger partial charge in [-0.05, 0) is 23.8 Å². The van der Waals surface area contributed by atoms with Gasteiger partial charge in [-0.2, -0.15) is 0 Å². The topological polar surface area (TPSA) is 17.1 Å². The van der Waals surface area contributed by atoms with Gasteiger partial charge in [0.1, 0.15) is 5.78 Å². The van der Waals surface area contributed by atoms with Crippen LogP contribution in [-0.2, 0) is 4.79 Å². The number of hydrogen-bond acceptors (Lipinski definition) is 1. The van der Waals surface area contributed by atoms with E-state index in [0.717, 1.165) is 23.7 Å². The average molecular weight is 314 g/mol. The van der Waals surface area contributed by atoms with Crippen LogP contribution < -0.4 is 0 Å². The largest absolute Gasteiger partial charge is 0.300 e. The van der Waals surface area contributed by atoms with Gasteiger partial charge in [-0.15, -0.1) is 0 Å². The lowest BCUT2D eigenvalue weighted by Gasteiger charge is -2.29. The third kappa shape index (κ3) is 2.60. The summed E-state index contributed by atoms with van der Waals surface area (Å²) in [6.45, 7) is 0. The standard InChI is InChI=1S/C13H15IO/c14-9-11-6-7-12(15)8-13(11)10-4-2-1-3-5-10/h1-5,11,13H,6-9H2. The molecule has 1 aromatic carbocycles. The molecule has 0 radical (unpaired) electrons. The number of Topliss-reactive ketones (excluding diaryl/α,β-unsaturated/α-hetero) is 1. The second-order valence-electron chi connectivity index (χ2n) is 4.21. The summed E-state index contributed by atoms with van der Waals surface area (Å²) in [5.74, 6) is 1.58. The van der Waals surface area contributed by atoms with Gasteiger partial charge in [0.05, 0.1) is 0 Å². The Morgan fingerprint density at radius 2 is 2.00 bits per heavy atom. The van der Waals surface area contributed by atoms with Gasteiger partial charge in [0, 0.05) is 17.3 Å². The van der Waals surface area contributed by atoms with E-state index in [0.29, 0.717) is 17.6 Å². The van der Waals surface area contributed by atoms with Crippen molar-refractivity contribution in [1.82, 2.24) is 0 Å². The number of carbonyl (C=O) groups excluding carboxylic acids is 1. The molecule has 1 saturated carbocycles. The van der Waals surface area contributed by atoms with Crippen LogP contribution in [0.1, 0.15) is 30.7 Å². The molecule has 1 aliphatic carbocycles. The Balaban J connectivity index is 2.21. The first-order chi connectivity index (χ1) is 7.31. The molecule has 0 heterocycles. The molecule has 2 rings (SSSR count). The highest BCUT2D eigenvalue weighted by Gasteiger charge is 2.29. The lowest BCUT2D eigenvalue weighted by atomic mass is 9.76. The predicted molar refractivity (Wildman–Crippen MR) is 70.4 cm³/mol. The van der Waals surface area contributed by atoms with Crippen LogP contribution in [0.3, 0.4) is 0 Å². The smallest absolute Gasteiger partial charge is 0.133 e. The van der Waals surface area contributed by atoms with Crippen molar-refractivity contribution in [1.29, 1.82) is 0 Å². The Labute approximate surface area is 104 Å². The van der Waals surface area contributed by atoms with E-state index in [1.807, 2.05) is 6.07 Å². The van der Waals surface area contributed by atoms with Gasteiger partial charge in [-0.25, -0.2) is 0 Å². The first-order valence-corrected chi connectivity index (χ1v) is 6.96. The van der Waals surface area contributed by atoms with Crippen molar-refractivity contribution in [3.63, 3.8) is 0 Å². The summed E-state index contributed by atoms with van der Waals surface area (Å²) in [6, 6.07) is 10.5. The molecule has 0 N–H and O–H groups in total. The molecule has 1 nitrogen and oxygen atoms in total. The first kappa shape index (κ1) is 11.1. The molecule has 0 aromatic heterocycles. The minimum Gasteiger partial charge on any atom is -0.300 e. The number of benzene rings is 1. The zero-order chi connectivity index (χ0) is 10.7. The van der Waals surface area contributed by atoms with Crippen molar-refractivity contribution >= 4 is 28.4 Å². The molecule has 1 aromatic rings. The molecule has 0 amide bonds. The maximum absolute atomic E-state index is 11.5. The van der Waals surface area contributed by atoms with E-state index in [9.17, 15) is 4.79 Å². The molecule has 1 fully saturated rings. The van der Waals surface area contributed by atoms with Crippen LogP contribution in [0.2, 0.25) is 0 Å². The van der Waals surface area contributed by atoms with Gasteiger partial charge in [-0.1, -0.05) is 52.9 Å². The summed E-state index contributed by atoms with van der Waals surface area (Å²) in [4.78, 5) is 11.5. The van der Waals surface area contributed by atoms with E-state index in [1.165, 1.54) is 5.56 Å². The molecule has 0 bridgehead atoms. The van der Waals surface area contributed by atoms with Crippen molar-refractivity contribution in [2.24, 2.45) is 5.92 Å². The van der Waals surface area contributed by atoms with E-state index < -0.39 is 0 Å². The van der Waals surface area contributed by atoms with E-state index in [2.05, 4.69) is 46.9 Å². The number of ketones is 1. The maximum atomic E-state index is 11.5. The number of carbonyl (C=O) groups is 1. The Bertz CT molecular complexity index is 334. The van der Waals surface area contributed by atoms with Crippen LogP contribution in [0, 0.1) is 5.92 Å². The van der Waals surface area contributed by atoms with Crippen LogP contribution in [0.25, 0.3) is 0 Å². The van der Waals surface area contributed by atoms with Crippen molar-refractivity contribution in [2.45, 2.75) is 25.2 Å². The summed E-state index contributed by atoms with van der Waals surface area (Å²) < 4.78 is 1.16. The molecule has 80 valence electrons. The van der Waals surface area contributed by atoms with Gasteiger partial charge in [0.2, 0.25) is 0 Å². The zero-order valence-corrected chi connectivity index (χ0v) is 10.8. The van der Waals surface area contributed by atoms with Crippen LogP contribution in [-0.4, -0.2) is 10.2 Å². The van der Waals surface area contributed by atoms with Crippen molar-refractivity contribution < 1.29 is 4.79 Å². The Morgan fingerprint density at radius 3 is 2.67 bits per heavy atom. The Kier molecular flexibility index (Phi) is 3.78. The lowest BCUT2D eigenvalue weighted by Crippen LogP contribution is -2.24. The van der Waals surface area contributed by atoms with Gasteiger partial charge in [0.15, 0.2) is 0 Å². The molecular formula is C13H15IO. The highest BCUT2D eigenvalue weighted by atomic mass is 127. The second kappa shape index (κ2) is 5.10. The molecule has 2 unspecified atom stereocenters. The Hall–Kier alpha value is -0.380. The van der Waals surface area contributed by atoms with E-state index in [4.69, 9.17) is 0 Å². The Morgan fingerprint density at radius 1 is 1.27 bits per heavy atom. The van der Waals surface area contributed by atoms with Crippen molar-refractivity contribution in [3.8, 4) is 0 Å². The SMILES string of the molecule is O=C1CCC(CI)C(c2ccccc2)C1. The summed E-state index contributed by atoms with van der Waals surface area (Å²) in [6.07, 6.45) is 2.61. The second-order valence-corrected chi connectivity index (χ2v) is 5.09. The third-order valence-electron chi connectivity index (χ3n) is 3.24. The van der Waals surface area contributed by atoms with Crippen LogP contribution in [0.15, 0.2) is 30.3 Å². The number of alkyl halides is 1. The number of rotatable bonds is 2. The fourth-order valence-corrected chi connectivity index (χ4v) is 3.39. The van der Waals surface area contributed by atoms with E-state index in [1.54, 1.807) is 0 Å². The normalized spacial score (nSPS) is 26.6. The average Bonchev–Trinajstić information content (AvgIpc) is 2.30.